The number of hydrogen-bond donors (Lipinski definition) is 2. The number of fused-ring (bicyclic) bond motifs is 2. The molecule has 4 atom stereocenters. The van der Waals surface area contributed by atoms with Gasteiger partial charge in [0.1, 0.15) is 0 Å². The zero-order valence-electron chi connectivity index (χ0n) is 14.1. The van der Waals surface area contributed by atoms with E-state index in [-0.39, 0.29) is 11.8 Å². The fraction of sp³-hybridized carbons (Fsp3) is 0.556. The van der Waals surface area contributed by atoms with Crippen LogP contribution in [0, 0.1) is 23.6 Å². The summed E-state index contributed by atoms with van der Waals surface area (Å²) in [6.07, 6.45) is 4.98. The number of urea groups is 1. The van der Waals surface area contributed by atoms with Crippen molar-refractivity contribution in [2.45, 2.75) is 38.6 Å². The Hall–Kier alpha value is -1.63. The van der Waals surface area contributed by atoms with Gasteiger partial charge in [-0.25, -0.2) is 9.18 Å². The van der Waals surface area contributed by atoms with E-state index in [4.69, 9.17) is 4.74 Å². The van der Waals surface area contributed by atoms with Crippen LogP contribution in [0.2, 0.25) is 0 Å². The molecule has 25 heavy (non-hydrogen) atoms. The van der Waals surface area contributed by atoms with E-state index >= 15 is 0 Å². The predicted molar refractivity (Wildman–Crippen MR) is 94.7 cm³/mol. The molecule has 2 aliphatic rings. The van der Waals surface area contributed by atoms with Gasteiger partial charge in [0.25, 0.3) is 5.91 Å². The number of amides is 3. The lowest BCUT2D eigenvalue weighted by atomic mass is 9.84. The largest absolute Gasteiger partial charge is 0.481 e. The van der Waals surface area contributed by atoms with E-state index in [0.717, 1.165) is 12.3 Å². The molecule has 0 saturated heterocycles. The number of halogens is 2. The zero-order chi connectivity index (χ0) is 18.0. The highest BCUT2D eigenvalue weighted by Crippen LogP contribution is 2.49. The Bertz CT molecular complexity index is 670. The molecule has 0 aromatic heterocycles. The molecule has 0 spiro atoms. The third-order valence-electron chi connectivity index (χ3n) is 5.30. The summed E-state index contributed by atoms with van der Waals surface area (Å²) in [7, 11) is 0. The van der Waals surface area contributed by atoms with Crippen molar-refractivity contribution in [2.24, 2.45) is 17.8 Å². The molecule has 3 rings (SSSR count). The summed E-state index contributed by atoms with van der Waals surface area (Å²) >= 11 is 3.14. The lowest BCUT2D eigenvalue weighted by Gasteiger charge is -2.28. The number of carbonyl (C=O) groups excluding carboxylic acids is 2. The van der Waals surface area contributed by atoms with E-state index in [1.54, 1.807) is 6.07 Å². The Kier molecular flexibility index (Phi) is 5.61. The quantitative estimate of drug-likeness (QED) is 0.775. The second-order valence-electron chi connectivity index (χ2n) is 7.01. The molecule has 2 bridgehead atoms. The Morgan fingerprint density at radius 2 is 2.16 bits per heavy atom. The first kappa shape index (κ1) is 18.2. The van der Waals surface area contributed by atoms with Crippen LogP contribution in [0.4, 0.5) is 9.18 Å². The van der Waals surface area contributed by atoms with E-state index in [9.17, 15) is 14.0 Å². The second kappa shape index (κ2) is 7.72. The van der Waals surface area contributed by atoms with Crippen LogP contribution in [-0.4, -0.2) is 24.6 Å². The van der Waals surface area contributed by atoms with Gasteiger partial charge >= 0.3 is 6.03 Å². The standard InChI is InChI=1S/C18H22BrFN2O3/c1-10(14-7-11-2-3-12(14)6-11)21-18(24)22-17(23)9-25-16-5-4-13(19)8-15(16)20/h4-5,8,10-12,14H,2-3,6-7,9H2,1H3,(H2,21,22,23,24). The molecular weight excluding hydrogens is 391 g/mol. The fourth-order valence-electron chi connectivity index (χ4n) is 4.15. The van der Waals surface area contributed by atoms with Gasteiger partial charge in [0, 0.05) is 10.5 Å². The maximum absolute atomic E-state index is 13.6. The minimum atomic E-state index is -0.611. The molecule has 0 aliphatic heterocycles. The Morgan fingerprint density at radius 3 is 2.80 bits per heavy atom. The molecular formula is C18H22BrFN2O3. The minimum Gasteiger partial charge on any atom is -0.481 e. The van der Waals surface area contributed by atoms with Gasteiger partial charge in [-0.15, -0.1) is 0 Å². The molecule has 7 heteroatoms. The molecule has 5 nitrogen and oxygen atoms in total. The summed E-state index contributed by atoms with van der Waals surface area (Å²) in [5, 5.41) is 5.08. The van der Waals surface area contributed by atoms with Crippen molar-refractivity contribution in [1.29, 1.82) is 0 Å². The summed E-state index contributed by atoms with van der Waals surface area (Å²) in [5.41, 5.74) is 0. The van der Waals surface area contributed by atoms with Gasteiger partial charge in [0.15, 0.2) is 18.2 Å². The van der Waals surface area contributed by atoms with Gasteiger partial charge in [-0.3, -0.25) is 10.1 Å². The van der Waals surface area contributed by atoms with Crippen molar-refractivity contribution >= 4 is 27.9 Å². The summed E-state index contributed by atoms with van der Waals surface area (Å²) in [4.78, 5) is 23.8. The average Bonchev–Trinajstić information content (AvgIpc) is 3.16. The molecule has 2 fully saturated rings. The van der Waals surface area contributed by atoms with Gasteiger partial charge in [-0.1, -0.05) is 22.4 Å². The normalized spacial score (nSPS) is 25.5. The topological polar surface area (TPSA) is 67.4 Å². The lowest BCUT2D eigenvalue weighted by molar-refractivity contribution is -0.122. The van der Waals surface area contributed by atoms with Crippen molar-refractivity contribution in [3.63, 3.8) is 0 Å². The van der Waals surface area contributed by atoms with E-state index < -0.39 is 24.4 Å². The maximum Gasteiger partial charge on any atom is 0.321 e. The van der Waals surface area contributed by atoms with Gasteiger partial charge in [0.2, 0.25) is 0 Å². The van der Waals surface area contributed by atoms with Crippen molar-refractivity contribution in [1.82, 2.24) is 10.6 Å². The molecule has 3 amide bonds. The van der Waals surface area contributed by atoms with Crippen molar-refractivity contribution in [3.8, 4) is 5.75 Å². The number of benzene rings is 1. The first-order chi connectivity index (χ1) is 11.9. The monoisotopic (exact) mass is 412 g/mol. The first-order valence-corrected chi connectivity index (χ1v) is 9.40. The van der Waals surface area contributed by atoms with Gasteiger partial charge in [-0.05, 0) is 62.1 Å². The van der Waals surface area contributed by atoms with Gasteiger partial charge in [0.05, 0.1) is 0 Å². The highest BCUT2D eigenvalue weighted by atomic mass is 79.9. The number of rotatable bonds is 5. The van der Waals surface area contributed by atoms with E-state index in [2.05, 4.69) is 26.6 Å². The van der Waals surface area contributed by atoms with Crippen molar-refractivity contribution < 1.29 is 18.7 Å². The van der Waals surface area contributed by atoms with E-state index in [1.807, 2.05) is 6.92 Å². The third-order valence-corrected chi connectivity index (χ3v) is 5.79. The molecule has 1 aromatic carbocycles. The maximum atomic E-state index is 13.6. The fourth-order valence-corrected chi connectivity index (χ4v) is 4.49. The smallest absolute Gasteiger partial charge is 0.321 e. The number of carbonyl (C=O) groups is 2. The van der Waals surface area contributed by atoms with Crippen LogP contribution in [0.5, 0.6) is 5.75 Å². The summed E-state index contributed by atoms with van der Waals surface area (Å²) in [6.45, 7) is 1.57. The molecule has 2 saturated carbocycles. The highest BCUT2D eigenvalue weighted by Gasteiger charge is 2.42. The molecule has 0 radical (unpaired) electrons. The summed E-state index contributed by atoms with van der Waals surface area (Å²) in [6, 6.07) is 3.79. The Balaban J connectivity index is 1.42. The van der Waals surface area contributed by atoms with Gasteiger partial charge in [-0.2, -0.15) is 0 Å². The van der Waals surface area contributed by atoms with E-state index in [0.29, 0.717) is 16.3 Å². The van der Waals surface area contributed by atoms with Crippen LogP contribution < -0.4 is 15.4 Å². The SMILES string of the molecule is CC(NC(=O)NC(=O)COc1ccc(Br)cc1F)C1CC2CCC1C2. The third kappa shape index (κ3) is 4.51. The summed E-state index contributed by atoms with van der Waals surface area (Å²) in [5.74, 6) is 0.774. The molecule has 2 N–H and O–H groups in total. The molecule has 136 valence electrons. The van der Waals surface area contributed by atoms with Crippen LogP contribution in [0.15, 0.2) is 22.7 Å². The Labute approximate surface area is 154 Å². The number of hydrogen-bond acceptors (Lipinski definition) is 3. The van der Waals surface area contributed by atoms with Crippen LogP contribution in [0.3, 0.4) is 0 Å². The van der Waals surface area contributed by atoms with Crippen LogP contribution >= 0.6 is 15.9 Å². The molecule has 0 heterocycles. The minimum absolute atomic E-state index is 0.0332. The highest BCUT2D eigenvalue weighted by molar-refractivity contribution is 9.10. The van der Waals surface area contributed by atoms with Crippen LogP contribution in [0.25, 0.3) is 0 Å². The Morgan fingerprint density at radius 1 is 1.36 bits per heavy atom. The predicted octanol–water partition coefficient (Wildman–Crippen LogP) is 3.62. The lowest BCUT2D eigenvalue weighted by Crippen LogP contribution is -2.48. The van der Waals surface area contributed by atoms with Crippen LogP contribution in [0.1, 0.15) is 32.6 Å². The zero-order valence-corrected chi connectivity index (χ0v) is 15.6. The van der Waals surface area contributed by atoms with E-state index in [1.165, 1.54) is 31.4 Å². The number of ether oxygens (including phenoxy) is 1. The number of nitrogens with one attached hydrogen (secondary N) is 2. The van der Waals surface area contributed by atoms with Crippen molar-refractivity contribution in [3.05, 3.63) is 28.5 Å². The first-order valence-electron chi connectivity index (χ1n) is 8.60. The van der Waals surface area contributed by atoms with Crippen molar-refractivity contribution in [2.75, 3.05) is 6.61 Å². The molecule has 4 unspecified atom stereocenters. The molecule has 1 aromatic rings. The molecule has 2 aliphatic carbocycles. The average molecular weight is 413 g/mol. The number of imide groups is 1. The van der Waals surface area contributed by atoms with Crippen LogP contribution in [-0.2, 0) is 4.79 Å². The second-order valence-corrected chi connectivity index (χ2v) is 7.93. The van der Waals surface area contributed by atoms with Gasteiger partial charge < -0.3 is 10.1 Å². The summed E-state index contributed by atoms with van der Waals surface area (Å²) < 4.78 is 19.3.